The molecule has 0 aromatic heterocycles. The summed E-state index contributed by atoms with van der Waals surface area (Å²) in [5.41, 5.74) is 1.82. The first-order valence-corrected chi connectivity index (χ1v) is 6.67. The summed E-state index contributed by atoms with van der Waals surface area (Å²) in [7, 11) is 0. The zero-order valence-electron chi connectivity index (χ0n) is 11.6. The van der Waals surface area contributed by atoms with Gasteiger partial charge in [0, 0.05) is 31.4 Å². The van der Waals surface area contributed by atoms with E-state index in [2.05, 4.69) is 12.2 Å². The van der Waals surface area contributed by atoms with E-state index in [4.69, 9.17) is 4.74 Å². The molecule has 5 nitrogen and oxygen atoms in total. The maximum absolute atomic E-state index is 10.8. The van der Waals surface area contributed by atoms with Crippen LogP contribution < -0.4 is 5.32 Å². The normalized spacial score (nSPS) is 10.6. The lowest BCUT2D eigenvalue weighted by atomic mass is 10.1. The van der Waals surface area contributed by atoms with E-state index < -0.39 is 0 Å². The molecule has 0 aliphatic heterocycles. The number of hydrogen-bond donors (Lipinski definition) is 1. The first-order valence-electron chi connectivity index (χ1n) is 6.67. The zero-order chi connectivity index (χ0) is 14.1. The van der Waals surface area contributed by atoms with E-state index in [1.54, 1.807) is 19.1 Å². The third-order valence-electron chi connectivity index (χ3n) is 2.79. The Hall–Kier alpha value is -1.46. The van der Waals surface area contributed by atoms with Gasteiger partial charge in [-0.05, 0) is 31.9 Å². The van der Waals surface area contributed by atoms with Gasteiger partial charge in [0.2, 0.25) is 0 Å². The quantitative estimate of drug-likeness (QED) is 0.424. The lowest BCUT2D eigenvalue weighted by Gasteiger charge is -2.06. The highest BCUT2D eigenvalue weighted by molar-refractivity contribution is 5.42. The van der Waals surface area contributed by atoms with E-state index in [9.17, 15) is 10.1 Å². The average Bonchev–Trinajstić information content (AvgIpc) is 2.39. The average molecular weight is 266 g/mol. The zero-order valence-corrected chi connectivity index (χ0v) is 11.6. The lowest BCUT2D eigenvalue weighted by Crippen LogP contribution is -2.16. The first-order chi connectivity index (χ1) is 9.15. The molecule has 0 aliphatic carbocycles. The van der Waals surface area contributed by atoms with Gasteiger partial charge in [-0.1, -0.05) is 19.1 Å². The summed E-state index contributed by atoms with van der Waals surface area (Å²) >= 11 is 0. The van der Waals surface area contributed by atoms with Crippen LogP contribution in [0.25, 0.3) is 0 Å². The predicted octanol–water partition coefficient (Wildman–Crippen LogP) is 2.81. The molecular formula is C14H22N2O3. The molecule has 5 heteroatoms. The first kappa shape index (κ1) is 15.6. The lowest BCUT2D eigenvalue weighted by molar-refractivity contribution is -0.385. The van der Waals surface area contributed by atoms with E-state index in [-0.39, 0.29) is 10.6 Å². The maximum atomic E-state index is 10.8. The summed E-state index contributed by atoms with van der Waals surface area (Å²) in [6.07, 6.45) is 1.99. The summed E-state index contributed by atoms with van der Waals surface area (Å²) in [6, 6.07) is 5.35. The number of hydrogen-bond acceptors (Lipinski definition) is 4. The Labute approximate surface area is 114 Å². The molecule has 0 spiro atoms. The summed E-state index contributed by atoms with van der Waals surface area (Å²) in [5, 5.41) is 14.1. The molecule has 0 saturated heterocycles. The maximum Gasteiger partial charge on any atom is 0.272 e. The number of nitro groups is 1. The van der Waals surface area contributed by atoms with Crippen LogP contribution in [0.2, 0.25) is 0 Å². The second-order valence-electron chi connectivity index (χ2n) is 4.52. The number of ether oxygens (including phenoxy) is 1. The van der Waals surface area contributed by atoms with Crippen LogP contribution in [0.5, 0.6) is 0 Å². The fourth-order valence-corrected chi connectivity index (χ4v) is 1.74. The van der Waals surface area contributed by atoms with Crippen molar-refractivity contribution in [3.05, 3.63) is 39.4 Å². The van der Waals surface area contributed by atoms with Crippen LogP contribution >= 0.6 is 0 Å². The van der Waals surface area contributed by atoms with Crippen molar-refractivity contribution in [2.45, 2.75) is 33.2 Å². The summed E-state index contributed by atoms with van der Waals surface area (Å²) in [6.45, 7) is 6.91. The Morgan fingerprint density at radius 3 is 2.84 bits per heavy atom. The van der Waals surface area contributed by atoms with Crippen molar-refractivity contribution in [1.82, 2.24) is 5.32 Å². The van der Waals surface area contributed by atoms with E-state index >= 15 is 0 Å². The van der Waals surface area contributed by atoms with Crippen molar-refractivity contribution in [3.63, 3.8) is 0 Å². The topological polar surface area (TPSA) is 64.4 Å². The van der Waals surface area contributed by atoms with Crippen molar-refractivity contribution in [1.29, 1.82) is 0 Å². The highest BCUT2D eigenvalue weighted by Gasteiger charge is 2.10. The van der Waals surface area contributed by atoms with E-state index in [0.717, 1.165) is 38.2 Å². The number of rotatable bonds is 9. The number of nitro benzene ring substituents is 1. The van der Waals surface area contributed by atoms with Crippen molar-refractivity contribution in [3.8, 4) is 0 Å². The smallest absolute Gasteiger partial charge is 0.272 e. The van der Waals surface area contributed by atoms with Crippen molar-refractivity contribution < 1.29 is 9.66 Å². The Morgan fingerprint density at radius 2 is 2.16 bits per heavy atom. The summed E-state index contributed by atoms with van der Waals surface area (Å²) in [5.74, 6) is 0. The Morgan fingerprint density at radius 1 is 1.37 bits per heavy atom. The molecule has 0 unspecified atom stereocenters. The largest absolute Gasteiger partial charge is 0.381 e. The number of benzene rings is 1. The van der Waals surface area contributed by atoms with Crippen LogP contribution in [0.3, 0.4) is 0 Å². The van der Waals surface area contributed by atoms with Gasteiger partial charge in [0.25, 0.3) is 5.69 Å². The molecule has 0 radical (unpaired) electrons. The van der Waals surface area contributed by atoms with Gasteiger partial charge < -0.3 is 10.1 Å². The Balaban J connectivity index is 2.30. The molecule has 1 aromatic rings. The van der Waals surface area contributed by atoms with Gasteiger partial charge >= 0.3 is 0 Å². The highest BCUT2D eigenvalue weighted by atomic mass is 16.6. The van der Waals surface area contributed by atoms with Crippen LogP contribution in [0.4, 0.5) is 5.69 Å². The number of aryl methyl sites for hydroxylation is 1. The third kappa shape index (κ3) is 5.81. The van der Waals surface area contributed by atoms with Crippen LogP contribution in [-0.4, -0.2) is 24.7 Å². The van der Waals surface area contributed by atoms with Crippen LogP contribution in [0.15, 0.2) is 18.2 Å². The molecule has 0 saturated carbocycles. The molecule has 0 atom stereocenters. The van der Waals surface area contributed by atoms with Gasteiger partial charge in [0.15, 0.2) is 0 Å². The van der Waals surface area contributed by atoms with E-state index in [1.165, 1.54) is 0 Å². The molecule has 19 heavy (non-hydrogen) atoms. The van der Waals surface area contributed by atoms with Crippen LogP contribution in [0.1, 0.15) is 30.9 Å². The van der Waals surface area contributed by atoms with Gasteiger partial charge in [-0.3, -0.25) is 10.1 Å². The summed E-state index contributed by atoms with van der Waals surface area (Å²) in [4.78, 5) is 10.5. The van der Waals surface area contributed by atoms with Crippen LogP contribution in [-0.2, 0) is 11.3 Å². The standard InChI is InChI=1S/C14H22N2O3/c1-3-8-19-9-4-7-15-11-13-6-5-12(2)14(10-13)16(17)18/h5-6,10,15H,3-4,7-9,11H2,1-2H3. The van der Waals surface area contributed by atoms with Crippen LogP contribution in [0, 0.1) is 17.0 Å². The van der Waals surface area contributed by atoms with Gasteiger partial charge in [-0.2, -0.15) is 0 Å². The molecule has 0 aliphatic rings. The second kappa shape index (κ2) is 8.61. The molecular weight excluding hydrogens is 244 g/mol. The minimum atomic E-state index is -0.336. The monoisotopic (exact) mass is 266 g/mol. The fourth-order valence-electron chi connectivity index (χ4n) is 1.74. The van der Waals surface area contributed by atoms with Crippen molar-refractivity contribution in [2.24, 2.45) is 0 Å². The predicted molar refractivity (Wildman–Crippen MR) is 75.3 cm³/mol. The van der Waals surface area contributed by atoms with Gasteiger partial charge in [-0.15, -0.1) is 0 Å². The van der Waals surface area contributed by atoms with Gasteiger partial charge in [0.05, 0.1) is 4.92 Å². The Bertz CT molecular complexity index is 408. The minimum absolute atomic E-state index is 0.186. The number of nitrogens with one attached hydrogen (secondary N) is 1. The molecule has 106 valence electrons. The van der Waals surface area contributed by atoms with Crippen molar-refractivity contribution in [2.75, 3.05) is 19.8 Å². The van der Waals surface area contributed by atoms with Gasteiger partial charge in [-0.25, -0.2) is 0 Å². The molecule has 1 rings (SSSR count). The molecule has 1 aromatic carbocycles. The van der Waals surface area contributed by atoms with Gasteiger partial charge in [0.1, 0.15) is 0 Å². The molecule has 1 N–H and O–H groups in total. The molecule has 0 heterocycles. The third-order valence-corrected chi connectivity index (χ3v) is 2.79. The number of nitrogens with zero attached hydrogens (tertiary/aromatic N) is 1. The fraction of sp³-hybridized carbons (Fsp3) is 0.571. The summed E-state index contributed by atoms with van der Waals surface area (Å²) < 4.78 is 5.37. The second-order valence-corrected chi connectivity index (χ2v) is 4.52. The van der Waals surface area contributed by atoms with E-state index in [0.29, 0.717) is 12.1 Å². The minimum Gasteiger partial charge on any atom is -0.381 e. The molecule has 0 fully saturated rings. The highest BCUT2D eigenvalue weighted by Crippen LogP contribution is 2.18. The SMILES string of the molecule is CCCOCCCNCc1ccc(C)c([N+](=O)[O-])c1. The Kier molecular flexibility index (Phi) is 7.07. The van der Waals surface area contributed by atoms with Crippen molar-refractivity contribution >= 4 is 5.69 Å². The molecule has 0 amide bonds. The molecule has 0 bridgehead atoms. The van der Waals surface area contributed by atoms with E-state index in [1.807, 2.05) is 6.07 Å².